The highest BCUT2D eigenvalue weighted by Gasteiger charge is 2.17. The number of hydrogen-bond donors (Lipinski definition) is 1. The van der Waals surface area contributed by atoms with Gasteiger partial charge in [0.05, 0.1) is 18.5 Å². The number of nitrogens with zero attached hydrogens (tertiary/aromatic N) is 3. The van der Waals surface area contributed by atoms with Crippen LogP contribution in [0.15, 0.2) is 34.8 Å². The molecule has 0 aliphatic carbocycles. The smallest absolute Gasteiger partial charge is 0.413 e. The van der Waals surface area contributed by atoms with Crippen molar-refractivity contribution in [3.8, 4) is 5.75 Å². The van der Waals surface area contributed by atoms with Crippen molar-refractivity contribution in [2.24, 2.45) is 5.16 Å². The van der Waals surface area contributed by atoms with Crippen LogP contribution in [0.1, 0.15) is 26.5 Å². The van der Waals surface area contributed by atoms with E-state index >= 15 is 0 Å². The van der Waals surface area contributed by atoms with Crippen LogP contribution in [-0.4, -0.2) is 22.9 Å². The van der Waals surface area contributed by atoms with Crippen LogP contribution in [0.25, 0.3) is 4.85 Å². The van der Waals surface area contributed by atoms with E-state index in [9.17, 15) is 4.79 Å². The van der Waals surface area contributed by atoms with Crippen molar-refractivity contribution in [3.63, 3.8) is 0 Å². The minimum absolute atomic E-state index is 0.409. The number of anilines is 1. The number of aromatic nitrogens is 1. The Hall–Kier alpha value is -2.92. The molecule has 0 radical (unpaired) electrons. The summed E-state index contributed by atoms with van der Waals surface area (Å²) in [6, 6.07) is 6.59. The molecule has 24 heavy (non-hydrogen) atoms. The van der Waals surface area contributed by atoms with Crippen LogP contribution in [0, 0.1) is 6.57 Å². The van der Waals surface area contributed by atoms with E-state index in [0.29, 0.717) is 22.3 Å². The molecule has 0 bridgehead atoms. The number of oxime groups is 1. The highest BCUT2D eigenvalue weighted by Crippen LogP contribution is 2.19. The average molecular weight is 344 g/mol. The average Bonchev–Trinajstić information content (AvgIpc) is 2.93. The number of carbonyl (C=O) groups excluding carboxylic acids is 1. The second-order valence-electron chi connectivity index (χ2n) is 5.64. The highest BCUT2D eigenvalue weighted by atomic mass is 32.1. The summed E-state index contributed by atoms with van der Waals surface area (Å²) in [7, 11) is 0. The van der Waals surface area contributed by atoms with Gasteiger partial charge in [0, 0.05) is 5.38 Å². The first-order valence-electron chi connectivity index (χ1n) is 6.99. The molecule has 0 fully saturated rings. The van der Waals surface area contributed by atoms with Gasteiger partial charge in [0.15, 0.2) is 16.6 Å². The Morgan fingerprint density at radius 3 is 2.71 bits per heavy atom. The second kappa shape index (κ2) is 7.57. The number of carbonyl (C=O) groups is 1. The summed E-state index contributed by atoms with van der Waals surface area (Å²) < 4.78 is 5.15. The van der Waals surface area contributed by atoms with Gasteiger partial charge < -0.3 is 9.57 Å². The maximum absolute atomic E-state index is 11.6. The van der Waals surface area contributed by atoms with E-state index in [4.69, 9.17) is 16.1 Å². The number of hydrogen-bond acceptors (Lipinski definition) is 6. The van der Waals surface area contributed by atoms with E-state index in [2.05, 4.69) is 20.3 Å². The number of thiazole rings is 1. The summed E-state index contributed by atoms with van der Waals surface area (Å²) in [6.07, 6.45) is 0.871. The van der Waals surface area contributed by atoms with Gasteiger partial charge in [-0.25, -0.2) is 14.6 Å². The lowest BCUT2D eigenvalue weighted by molar-refractivity contribution is 0.0636. The quantitative estimate of drug-likeness (QED) is 0.505. The standard InChI is InChI=1S/C16H16N4O3S/c1-16(2,3)22-15(21)20-14-19-12(10-24-14)9-18-23-13-7-5-11(17-4)6-8-13/h5-10H,1-3H3,(H,19,20,21)/b18-9+. The van der Waals surface area contributed by atoms with Gasteiger partial charge >= 0.3 is 6.09 Å². The fraction of sp³-hybridized carbons (Fsp3) is 0.250. The second-order valence-corrected chi connectivity index (χ2v) is 6.49. The normalized spacial score (nSPS) is 11.1. The lowest BCUT2D eigenvalue weighted by atomic mass is 10.2. The summed E-state index contributed by atoms with van der Waals surface area (Å²) in [5.74, 6) is 0.515. The van der Waals surface area contributed by atoms with Gasteiger partial charge in [0.1, 0.15) is 5.60 Å². The first-order chi connectivity index (χ1) is 11.4. The van der Waals surface area contributed by atoms with Crippen LogP contribution in [0.4, 0.5) is 15.6 Å². The predicted molar refractivity (Wildman–Crippen MR) is 92.9 cm³/mol. The maximum atomic E-state index is 11.6. The Bertz CT molecular complexity index is 770. The number of benzene rings is 1. The van der Waals surface area contributed by atoms with E-state index in [1.54, 1.807) is 50.4 Å². The number of amides is 1. The van der Waals surface area contributed by atoms with Gasteiger partial charge in [-0.2, -0.15) is 0 Å². The molecule has 0 aliphatic rings. The minimum Gasteiger partial charge on any atom is -0.444 e. The first-order valence-corrected chi connectivity index (χ1v) is 7.87. The van der Waals surface area contributed by atoms with Crippen LogP contribution in [0.5, 0.6) is 5.75 Å². The Labute approximate surface area is 143 Å². The molecule has 8 heteroatoms. The van der Waals surface area contributed by atoms with Crippen molar-refractivity contribution in [2.45, 2.75) is 26.4 Å². The Balaban J connectivity index is 1.88. The molecule has 124 valence electrons. The van der Waals surface area contributed by atoms with Gasteiger partial charge in [-0.1, -0.05) is 17.3 Å². The van der Waals surface area contributed by atoms with Crippen molar-refractivity contribution >= 4 is 34.5 Å². The Morgan fingerprint density at radius 1 is 1.38 bits per heavy atom. The first kappa shape index (κ1) is 17.4. The summed E-state index contributed by atoms with van der Waals surface area (Å²) in [5.41, 5.74) is 0.509. The third-order valence-corrected chi connectivity index (χ3v) is 3.21. The lowest BCUT2D eigenvalue weighted by Gasteiger charge is -2.18. The topological polar surface area (TPSA) is 77.2 Å². The summed E-state index contributed by atoms with van der Waals surface area (Å²) in [5, 5.41) is 8.51. The van der Waals surface area contributed by atoms with E-state index in [1.807, 2.05) is 0 Å². The molecule has 1 aromatic carbocycles. The van der Waals surface area contributed by atoms with Crippen LogP contribution < -0.4 is 10.2 Å². The molecular formula is C16H16N4O3S. The molecular weight excluding hydrogens is 328 g/mol. The monoisotopic (exact) mass is 344 g/mol. The van der Waals surface area contributed by atoms with Crippen LogP contribution >= 0.6 is 11.3 Å². The molecule has 0 saturated carbocycles. The molecule has 1 heterocycles. The molecule has 0 unspecified atom stereocenters. The minimum atomic E-state index is -0.567. The van der Waals surface area contributed by atoms with Gasteiger partial charge in [0.2, 0.25) is 0 Å². The van der Waals surface area contributed by atoms with E-state index in [-0.39, 0.29) is 0 Å². The number of nitrogens with one attached hydrogen (secondary N) is 1. The van der Waals surface area contributed by atoms with Gasteiger partial charge in [-0.3, -0.25) is 5.32 Å². The molecule has 0 spiro atoms. The summed E-state index contributed by atoms with van der Waals surface area (Å²) in [6.45, 7) is 12.2. The molecule has 0 atom stereocenters. The SMILES string of the molecule is [C-]#[N+]c1ccc(O/N=C/c2csc(NC(=O)OC(C)(C)C)n2)cc1. The number of rotatable bonds is 4. The van der Waals surface area contributed by atoms with Crippen molar-refractivity contribution in [3.05, 3.63) is 46.8 Å². The zero-order chi connectivity index (χ0) is 17.6. The van der Waals surface area contributed by atoms with Crippen LogP contribution in [0.2, 0.25) is 0 Å². The zero-order valence-corrected chi connectivity index (χ0v) is 14.3. The van der Waals surface area contributed by atoms with Crippen LogP contribution in [-0.2, 0) is 4.74 Å². The Morgan fingerprint density at radius 2 is 2.08 bits per heavy atom. The molecule has 1 amide bonds. The van der Waals surface area contributed by atoms with E-state index < -0.39 is 11.7 Å². The van der Waals surface area contributed by atoms with Crippen LogP contribution in [0.3, 0.4) is 0 Å². The van der Waals surface area contributed by atoms with Crippen molar-refractivity contribution in [2.75, 3.05) is 5.32 Å². The van der Waals surface area contributed by atoms with Crippen molar-refractivity contribution in [1.29, 1.82) is 0 Å². The van der Waals surface area contributed by atoms with Crippen molar-refractivity contribution < 1.29 is 14.4 Å². The van der Waals surface area contributed by atoms with Gasteiger partial charge in [-0.05, 0) is 32.9 Å². The fourth-order valence-corrected chi connectivity index (χ4v) is 2.16. The number of ether oxygens (including phenoxy) is 1. The molecule has 2 aromatic rings. The third kappa shape index (κ3) is 5.70. The van der Waals surface area contributed by atoms with E-state index in [0.717, 1.165) is 0 Å². The molecule has 2 rings (SSSR count). The largest absolute Gasteiger partial charge is 0.444 e. The molecule has 0 aliphatic heterocycles. The fourth-order valence-electron chi connectivity index (χ4n) is 1.52. The molecule has 7 nitrogen and oxygen atoms in total. The zero-order valence-electron chi connectivity index (χ0n) is 13.4. The predicted octanol–water partition coefficient (Wildman–Crippen LogP) is 4.45. The highest BCUT2D eigenvalue weighted by molar-refractivity contribution is 7.14. The molecule has 1 aromatic heterocycles. The summed E-state index contributed by atoms with van der Waals surface area (Å²) in [4.78, 5) is 24.3. The van der Waals surface area contributed by atoms with Gasteiger partial charge in [0.25, 0.3) is 0 Å². The molecule has 1 N–H and O–H groups in total. The lowest BCUT2D eigenvalue weighted by Crippen LogP contribution is -2.27. The third-order valence-electron chi connectivity index (χ3n) is 2.44. The summed E-state index contributed by atoms with van der Waals surface area (Å²) >= 11 is 1.25. The van der Waals surface area contributed by atoms with Gasteiger partial charge in [-0.15, -0.1) is 11.3 Å². The van der Waals surface area contributed by atoms with E-state index in [1.165, 1.54) is 17.6 Å². The maximum Gasteiger partial charge on any atom is 0.413 e. The van der Waals surface area contributed by atoms with Crippen molar-refractivity contribution in [1.82, 2.24) is 4.98 Å². The molecule has 0 saturated heterocycles. The Kier molecular flexibility index (Phi) is 5.50.